The molecule has 7 heteroatoms. The maximum atomic E-state index is 11.3. The van der Waals surface area contributed by atoms with E-state index in [4.69, 9.17) is 13.7 Å². The zero-order chi connectivity index (χ0) is 14.3. The van der Waals surface area contributed by atoms with Gasteiger partial charge in [0.05, 0.1) is 7.11 Å². The summed E-state index contributed by atoms with van der Waals surface area (Å²) in [5.41, 5.74) is 0.739. The average molecular weight is 288 g/mol. The first-order valence-electron chi connectivity index (χ1n) is 5.34. The van der Waals surface area contributed by atoms with Crippen LogP contribution in [0.15, 0.2) is 36.1 Å². The molecule has 0 atom stereocenters. The Labute approximate surface area is 112 Å². The number of hydrogen-bond acceptors (Lipinski definition) is 6. The molecule has 106 valence electrons. The Morgan fingerprint density at radius 3 is 2.16 bits per heavy atom. The summed E-state index contributed by atoms with van der Waals surface area (Å²) in [5.74, 6) is -0.0296. The van der Waals surface area contributed by atoms with Gasteiger partial charge >= 0.3 is 10.4 Å². The minimum absolute atomic E-state index is 0.0296. The third kappa shape index (κ3) is 4.99. The first-order valence-corrected chi connectivity index (χ1v) is 6.68. The minimum Gasteiger partial charge on any atom is -0.361 e. The summed E-state index contributed by atoms with van der Waals surface area (Å²) in [5, 5.41) is 0. The fourth-order valence-corrected chi connectivity index (χ4v) is 1.76. The van der Waals surface area contributed by atoms with Crippen LogP contribution in [-0.2, 0) is 28.2 Å². The quantitative estimate of drug-likeness (QED) is 0.560. The highest BCUT2D eigenvalue weighted by molar-refractivity contribution is 7.82. The lowest BCUT2D eigenvalue weighted by Crippen LogP contribution is -2.21. The maximum absolute atomic E-state index is 11.3. The average Bonchev–Trinajstić information content (AvgIpc) is 2.41. The molecule has 0 amide bonds. The van der Waals surface area contributed by atoms with Gasteiger partial charge in [0.1, 0.15) is 0 Å². The van der Waals surface area contributed by atoms with E-state index in [1.807, 2.05) is 18.2 Å². The van der Waals surface area contributed by atoms with Gasteiger partial charge in [-0.05, 0) is 11.6 Å². The van der Waals surface area contributed by atoms with Gasteiger partial charge in [-0.1, -0.05) is 30.3 Å². The molecule has 0 N–H and O–H groups in total. The Balaban J connectivity index is 3.09. The van der Waals surface area contributed by atoms with E-state index in [1.165, 1.54) is 20.3 Å². The van der Waals surface area contributed by atoms with Gasteiger partial charge in [0.25, 0.3) is 0 Å². The van der Waals surface area contributed by atoms with Gasteiger partial charge in [0, 0.05) is 14.2 Å². The van der Waals surface area contributed by atoms with E-state index in [1.54, 1.807) is 12.1 Å². The zero-order valence-electron chi connectivity index (χ0n) is 10.9. The van der Waals surface area contributed by atoms with Crippen molar-refractivity contribution in [2.75, 3.05) is 21.3 Å². The van der Waals surface area contributed by atoms with E-state index >= 15 is 0 Å². The number of benzene rings is 1. The molecule has 0 unspecified atom stereocenters. The van der Waals surface area contributed by atoms with Crippen LogP contribution >= 0.6 is 0 Å². The molecular formula is C12H16O6S. The summed E-state index contributed by atoms with van der Waals surface area (Å²) < 4.78 is 41.7. The lowest BCUT2D eigenvalue weighted by atomic mass is 10.2. The van der Waals surface area contributed by atoms with Gasteiger partial charge in [-0.15, -0.1) is 0 Å². The van der Waals surface area contributed by atoms with Gasteiger partial charge in [-0.25, -0.2) is 4.18 Å². The Bertz CT molecular complexity index is 504. The van der Waals surface area contributed by atoms with E-state index in [9.17, 15) is 8.42 Å². The fraction of sp³-hybridized carbons (Fsp3) is 0.333. The van der Waals surface area contributed by atoms with Crippen LogP contribution < -0.4 is 0 Å². The molecule has 0 fully saturated rings. The van der Waals surface area contributed by atoms with Gasteiger partial charge in [-0.2, -0.15) is 8.42 Å². The Morgan fingerprint density at radius 2 is 1.68 bits per heavy atom. The van der Waals surface area contributed by atoms with Crippen molar-refractivity contribution < 1.29 is 26.3 Å². The number of methoxy groups -OCH3 is 2. The normalized spacial score (nSPS) is 12.7. The monoisotopic (exact) mass is 288 g/mol. The van der Waals surface area contributed by atoms with Crippen molar-refractivity contribution in [1.29, 1.82) is 0 Å². The van der Waals surface area contributed by atoms with Crippen LogP contribution in [0.1, 0.15) is 5.56 Å². The van der Waals surface area contributed by atoms with Crippen molar-refractivity contribution in [3.63, 3.8) is 0 Å². The smallest absolute Gasteiger partial charge is 0.361 e. The zero-order valence-corrected chi connectivity index (χ0v) is 11.7. The van der Waals surface area contributed by atoms with Crippen LogP contribution in [-0.4, -0.2) is 36.0 Å². The molecular weight excluding hydrogens is 272 g/mol. The molecule has 0 spiro atoms. The molecule has 0 radical (unpaired) electrons. The minimum atomic E-state index is -4.13. The highest BCUT2D eigenvalue weighted by Gasteiger charge is 2.21. The molecule has 1 aromatic rings. The highest BCUT2D eigenvalue weighted by Crippen LogP contribution is 2.17. The van der Waals surface area contributed by atoms with Crippen LogP contribution in [0.2, 0.25) is 0 Å². The molecule has 0 aliphatic rings. The molecule has 0 saturated carbocycles. The molecule has 0 aliphatic heterocycles. The predicted molar refractivity (Wildman–Crippen MR) is 69.2 cm³/mol. The second kappa shape index (κ2) is 7.25. The first-order chi connectivity index (χ1) is 9.02. The molecule has 0 aromatic heterocycles. The Kier molecular flexibility index (Phi) is 5.97. The van der Waals surface area contributed by atoms with E-state index in [-0.39, 0.29) is 5.76 Å². The molecule has 6 nitrogen and oxygen atoms in total. The largest absolute Gasteiger partial charge is 0.448 e. The summed E-state index contributed by atoms with van der Waals surface area (Å²) in [6, 6.07) is 9.02. The van der Waals surface area contributed by atoms with Crippen molar-refractivity contribution in [2.45, 2.75) is 6.29 Å². The predicted octanol–water partition coefficient (Wildman–Crippen LogP) is 1.55. The summed E-state index contributed by atoms with van der Waals surface area (Å²) in [7, 11) is -0.387. The van der Waals surface area contributed by atoms with Crippen molar-refractivity contribution in [3.05, 3.63) is 41.7 Å². The molecule has 0 aliphatic carbocycles. The van der Waals surface area contributed by atoms with Gasteiger partial charge in [0.15, 0.2) is 5.76 Å². The van der Waals surface area contributed by atoms with E-state index in [0.717, 1.165) is 12.7 Å². The lowest BCUT2D eigenvalue weighted by molar-refractivity contribution is -0.0924. The third-order valence-electron chi connectivity index (χ3n) is 2.17. The molecule has 0 bridgehead atoms. The van der Waals surface area contributed by atoms with Crippen molar-refractivity contribution in [2.24, 2.45) is 0 Å². The Hall–Kier alpha value is -1.41. The van der Waals surface area contributed by atoms with Crippen LogP contribution in [0.25, 0.3) is 6.08 Å². The van der Waals surface area contributed by atoms with Crippen LogP contribution in [0.4, 0.5) is 0 Å². The SMILES string of the molecule is COC(OC)/C(=C\c1ccccc1)OS(=O)(=O)OC. The molecule has 1 aromatic carbocycles. The maximum Gasteiger partial charge on any atom is 0.448 e. The standard InChI is InChI=1S/C12H16O6S/c1-15-12(16-2)11(18-19(13,14)17-3)9-10-7-5-4-6-8-10/h4-9,12H,1-3H3/b11-9+. The fourth-order valence-electron chi connectivity index (χ4n) is 1.33. The molecule has 0 saturated heterocycles. The second-order valence-electron chi connectivity index (χ2n) is 3.42. The van der Waals surface area contributed by atoms with E-state index < -0.39 is 16.7 Å². The Morgan fingerprint density at radius 1 is 1.11 bits per heavy atom. The summed E-state index contributed by atoms with van der Waals surface area (Å²) in [4.78, 5) is 0. The highest BCUT2D eigenvalue weighted by atomic mass is 32.3. The van der Waals surface area contributed by atoms with Crippen molar-refractivity contribution in [1.82, 2.24) is 0 Å². The van der Waals surface area contributed by atoms with Gasteiger partial charge in [0.2, 0.25) is 6.29 Å². The van der Waals surface area contributed by atoms with Crippen LogP contribution in [0.3, 0.4) is 0 Å². The van der Waals surface area contributed by atoms with Gasteiger partial charge in [-0.3, -0.25) is 0 Å². The topological polar surface area (TPSA) is 71.1 Å². The lowest BCUT2D eigenvalue weighted by Gasteiger charge is -2.17. The first kappa shape index (κ1) is 15.6. The number of hydrogen-bond donors (Lipinski definition) is 0. The van der Waals surface area contributed by atoms with Crippen molar-refractivity contribution >= 4 is 16.5 Å². The summed E-state index contributed by atoms with van der Waals surface area (Å²) in [6.45, 7) is 0. The molecule has 0 heterocycles. The van der Waals surface area contributed by atoms with Crippen LogP contribution in [0.5, 0.6) is 0 Å². The van der Waals surface area contributed by atoms with Crippen molar-refractivity contribution in [3.8, 4) is 0 Å². The second-order valence-corrected chi connectivity index (χ2v) is 4.74. The number of ether oxygens (including phenoxy) is 2. The van der Waals surface area contributed by atoms with E-state index in [2.05, 4.69) is 4.18 Å². The molecule has 1 rings (SSSR count). The number of rotatable bonds is 7. The third-order valence-corrected chi connectivity index (χ3v) is 2.98. The molecule has 19 heavy (non-hydrogen) atoms. The van der Waals surface area contributed by atoms with E-state index in [0.29, 0.717) is 0 Å². The van der Waals surface area contributed by atoms with Gasteiger partial charge < -0.3 is 13.7 Å². The summed E-state index contributed by atoms with van der Waals surface area (Å²) >= 11 is 0. The summed E-state index contributed by atoms with van der Waals surface area (Å²) in [6.07, 6.45) is 0.541. The van der Waals surface area contributed by atoms with Crippen LogP contribution in [0, 0.1) is 0 Å².